The molecule has 15 nitrogen and oxygen atoms in total. The number of aliphatic hydroxyl groups excluding tert-OH is 7. The number of ether oxygens (including phenoxy) is 6. The van der Waals surface area contributed by atoms with Gasteiger partial charge >= 0.3 is 11.9 Å². The molecule has 0 spiro atoms. The quantitative estimate of drug-likeness (QED) is 0.0184. The number of hydrogen-bond donors (Lipinski definition) is 7. The van der Waals surface area contributed by atoms with Crippen LogP contribution in [0.4, 0.5) is 0 Å². The van der Waals surface area contributed by atoms with Crippen molar-refractivity contribution in [2.24, 2.45) is 0 Å². The number of carbonyl (C=O) groups is 2. The summed E-state index contributed by atoms with van der Waals surface area (Å²) in [4.78, 5) is 25.7. The minimum atomic E-state index is -1.77. The second-order valence-electron chi connectivity index (χ2n) is 18.4. The van der Waals surface area contributed by atoms with Crippen LogP contribution in [0.3, 0.4) is 0 Å². The number of esters is 2. The van der Waals surface area contributed by atoms with E-state index >= 15 is 0 Å². The van der Waals surface area contributed by atoms with Gasteiger partial charge in [-0.1, -0.05) is 167 Å². The van der Waals surface area contributed by atoms with Crippen molar-refractivity contribution < 1.29 is 73.8 Å². The number of rotatable bonds is 40. The SMILES string of the molecule is CCCCCCCCCCC/C=C/C/C=C/CCCC(=O)O[C@H](COC(=O)CCCCCCCCCCCCCCC)CO[C@H]1O[C@@H](CO[C@H]2O[C@@H](CO)[C@@H](O)C(O)C2O)[C@@H](O)C(O)C1O. The van der Waals surface area contributed by atoms with Crippen molar-refractivity contribution in [1.82, 2.24) is 0 Å². The van der Waals surface area contributed by atoms with Gasteiger partial charge in [-0.05, 0) is 38.5 Å². The van der Waals surface area contributed by atoms with Gasteiger partial charge < -0.3 is 64.2 Å². The van der Waals surface area contributed by atoms with Crippen LogP contribution >= 0.6 is 0 Å². The van der Waals surface area contributed by atoms with Crippen LogP contribution in [0.1, 0.15) is 194 Å². The van der Waals surface area contributed by atoms with Crippen LogP contribution in [0.5, 0.6) is 0 Å². The third-order valence-electron chi connectivity index (χ3n) is 12.4. The smallest absolute Gasteiger partial charge is 0.306 e. The molecular weight excluding hydrogens is 853 g/mol. The lowest BCUT2D eigenvalue weighted by molar-refractivity contribution is -0.332. The molecule has 0 radical (unpaired) electrons. The Morgan fingerprint density at radius 3 is 1.45 bits per heavy atom. The van der Waals surface area contributed by atoms with E-state index in [1.165, 1.54) is 116 Å². The van der Waals surface area contributed by atoms with Crippen LogP contribution in [-0.4, -0.2) is 142 Å². The zero-order chi connectivity index (χ0) is 48.2. The molecular formula is C51H92O15. The number of aliphatic hydroxyl groups is 7. The van der Waals surface area contributed by atoms with E-state index in [0.717, 1.165) is 32.1 Å². The summed E-state index contributed by atoms with van der Waals surface area (Å²) in [6.07, 6.45) is 22.2. The molecule has 2 aliphatic heterocycles. The summed E-state index contributed by atoms with van der Waals surface area (Å²) in [5.74, 6) is -0.971. The van der Waals surface area contributed by atoms with Gasteiger partial charge in [-0.2, -0.15) is 0 Å². The molecule has 0 amide bonds. The molecule has 0 aromatic rings. The zero-order valence-corrected chi connectivity index (χ0v) is 40.7. The van der Waals surface area contributed by atoms with E-state index in [1.807, 2.05) is 6.08 Å². The van der Waals surface area contributed by atoms with Crippen molar-refractivity contribution in [1.29, 1.82) is 0 Å². The first-order valence-corrected chi connectivity index (χ1v) is 25.9. The highest BCUT2D eigenvalue weighted by atomic mass is 16.7. The van der Waals surface area contributed by atoms with Gasteiger partial charge in [-0.15, -0.1) is 0 Å². The number of carbonyl (C=O) groups excluding carboxylic acids is 2. The summed E-state index contributed by atoms with van der Waals surface area (Å²) in [6.45, 7) is 2.56. The standard InChI is InChI=1S/C51H92O15/c1-3-5-7-9-11-13-15-17-18-19-20-22-24-26-28-30-32-34-43(54)64-39(36-61-42(53)33-31-29-27-25-23-21-16-14-12-10-8-6-4-2)37-62-50-49(60)47(58)45(56)41(66-50)38-63-51-48(59)46(57)44(55)40(35-52)65-51/h20,22,26,28,39-41,44-52,55-60H,3-19,21,23-25,27,29-38H2,1-2H3/b22-20+,28-26+/t39-,40+,41+,44-,45-,46?,47?,48?,49?,50+,51+/m1/s1. The van der Waals surface area contributed by atoms with Gasteiger partial charge in [-0.3, -0.25) is 9.59 Å². The van der Waals surface area contributed by atoms with Crippen LogP contribution in [0.25, 0.3) is 0 Å². The number of hydrogen-bond acceptors (Lipinski definition) is 15. The molecule has 7 N–H and O–H groups in total. The van der Waals surface area contributed by atoms with Gasteiger partial charge in [0.25, 0.3) is 0 Å². The Bertz CT molecular complexity index is 1250. The van der Waals surface area contributed by atoms with E-state index in [4.69, 9.17) is 28.4 Å². The Hall–Kier alpha value is -2.02. The molecule has 2 fully saturated rings. The van der Waals surface area contributed by atoms with Crippen LogP contribution in [-0.2, 0) is 38.0 Å². The van der Waals surface area contributed by atoms with Gasteiger partial charge in [0.1, 0.15) is 55.4 Å². The van der Waals surface area contributed by atoms with Gasteiger partial charge in [-0.25, -0.2) is 0 Å². The fourth-order valence-corrected chi connectivity index (χ4v) is 8.14. The van der Waals surface area contributed by atoms with E-state index < -0.39 is 99.3 Å². The first-order chi connectivity index (χ1) is 32.0. The minimum Gasteiger partial charge on any atom is -0.462 e. The van der Waals surface area contributed by atoms with E-state index in [0.29, 0.717) is 19.3 Å². The highest BCUT2D eigenvalue weighted by Crippen LogP contribution is 2.26. The van der Waals surface area contributed by atoms with Crippen molar-refractivity contribution in [3.63, 3.8) is 0 Å². The molecule has 0 aliphatic carbocycles. The number of allylic oxidation sites excluding steroid dienone is 4. The molecule has 15 heteroatoms. The monoisotopic (exact) mass is 945 g/mol. The lowest BCUT2D eigenvalue weighted by Gasteiger charge is -2.42. The largest absolute Gasteiger partial charge is 0.462 e. The predicted octanol–water partition coefficient (Wildman–Crippen LogP) is 7.16. The second kappa shape index (κ2) is 38.8. The molecule has 0 bridgehead atoms. The highest BCUT2D eigenvalue weighted by molar-refractivity contribution is 5.70. The summed E-state index contributed by atoms with van der Waals surface area (Å²) in [5.41, 5.74) is 0. The van der Waals surface area contributed by atoms with Gasteiger partial charge in [0, 0.05) is 12.8 Å². The Labute approximate surface area is 396 Å². The molecule has 4 unspecified atom stereocenters. The maximum absolute atomic E-state index is 13.0. The molecule has 2 heterocycles. The lowest BCUT2D eigenvalue weighted by Crippen LogP contribution is -2.61. The topological polar surface area (TPSA) is 231 Å². The molecule has 2 saturated heterocycles. The first kappa shape index (κ1) is 60.1. The van der Waals surface area contributed by atoms with Crippen LogP contribution in [0, 0.1) is 0 Å². The first-order valence-electron chi connectivity index (χ1n) is 25.9. The second-order valence-corrected chi connectivity index (χ2v) is 18.4. The maximum Gasteiger partial charge on any atom is 0.306 e. The molecule has 11 atom stereocenters. The average molecular weight is 945 g/mol. The van der Waals surface area contributed by atoms with Crippen LogP contribution in [0.2, 0.25) is 0 Å². The maximum atomic E-state index is 13.0. The molecule has 2 aliphatic rings. The van der Waals surface area contributed by atoms with E-state index in [-0.39, 0.29) is 19.4 Å². The third kappa shape index (κ3) is 26.7. The molecule has 386 valence electrons. The highest BCUT2D eigenvalue weighted by Gasteiger charge is 2.47. The molecule has 0 aromatic carbocycles. The van der Waals surface area contributed by atoms with E-state index in [9.17, 15) is 45.3 Å². The van der Waals surface area contributed by atoms with E-state index in [1.54, 1.807) is 0 Å². The molecule has 2 rings (SSSR count). The normalized spacial score (nSPS) is 26.3. The van der Waals surface area contributed by atoms with Crippen molar-refractivity contribution >= 4 is 11.9 Å². The van der Waals surface area contributed by atoms with Crippen molar-refractivity contribution in [2.45, 2.75) is 261 Å². The Morgan fingerprint density at radius 1 is 0.485 bits per heavy atom. The summed E-state index contributed by atoms with van der Waals surface area (Å²) in [7, 11) is 0. The molecule has 66 heavy (non-hydrogen) atoms. The van der Waals surface area contributed by atoms with E-state index in [2.05, 4.69) is 32.1 Å². The lowest BCUT2D eigenvalue weighted by atomic mass is 9.98. The van der Waals surface area contributed by atoms with Gasteiger partial charge in [0.15, 0.2) is 18.7 Å². The van der Waals surface area contributed by atoms with Crippen LogP contribution in [0.15, 0.2) is 24.3 Å². The van der Waals surface area contributed by atoms with Crippen molar-refractivity contribution in [3.8, 4) is 0 Å². The van der Waals surface area contributed by atoms with Crippen molar-refractivity contribution in [2.75, 3.05) is 26.4 Å². The summed E-state index contributed by atoms with van der Waals surface area (Å²) in [6, 6.07) is 0. The summed E-state index contributed by atoms with van der Waals surface area (Å²) < 4.78 is 33.5. The van der Waals surface area contributed by atoms with Crippen molar-refractivity contribution in [3.05, 3.63) is 24.3 Å². The predicted molar refractivity (Wildman–Crippen MR) is 252 cm³/mol. The number of unbranched alkanes of at least 4 members (excludes halogenated alkanes) is 22. The van der Waals surface area contributed by atoms with Crippen LogP contribution < -0.4 is 0 Å². The summed E-state index contributed by atoms with van der Waals surface area (Å²) >= 11 is 0. The fourth-order valence-electron chi connectivity index (χ4n) is 8.14. The Morgan fingerprint density at radius 2 is 0.924 bits per heavy atom. The molecule has 0 saturated carbocycles. The average Bonchev–Trinajstić information content (AvgIpc) is 3.31. The molecule has 0 aromatic heterocycles. The van der Waals surface area contributed by atoms with Gasteiger partial charge in [0.05, 0.1) is 19.8 Å². The Kier molecular flexibility index (Phi) is 35.3. The van der Waals surface area contributed by atoms with Gasteiger partial charge in [0.2, 0.25) is 0 Å². The third-order valence-corrected chi connectivity index (χ3v) is 12.4. The zero-order valence-electron chi connectivity index (χ0n) is 40.7. The Balaban J connectivity index is 1.83. The fraction of sp³-hybridized carbons (Fsp3) is 0.882. The summed E-state index contributed by atoms with van der Waals surface area (Å²) in [5, 5.41) is 72.0. The minimum absolute atomic E-state index is 0.104.